The van der Waals surface area contributed by atoms with Crippen molar-refractivity contribution in [3.8, 4) is 5.75 Å². The van der Waals surface area contributed by atoms with Crippen LogP contribution >= 0.6 is 0 Å². The molecule has 2 N–H and O–H groups in total. The fourth-order valence-electron chi connectivity index (χ4n) is 0.975. The molecule has 0 aliphatic rings. The van der Waals surface area contributed by atoms with E-state index in [1.165, 1.54) is 0 Å². The summed E-state index contributed by atoms with van der Waals surface area (Å²) < 4.78 is 4.96. The third-order valence-corrected chi connectivity index (χ3v) is 1.67. The van der Waals surface area contributed by atoms with E-state index in [4.69, 9.17) is 15.2 Å². The van der Waals surface area contributed by atoms with Gasteiger partial charge in [0.15, 0.2) is 0 Å². The molecular weight excluding hydrogens is 184 g/mol. The van der Waals surface area contributed by atoms with Crippen LogP contribution in [0.3, 0.4) is 0 Å². The van der Waals surface area contributed by atoms with E-state index >= 15 is 0 Å². The Hall–Kier alpha value is -2.04. The van der Waals surface area contributed by atoms with Gasteiger partial charge in [-0.25, -0.2) is 0 Å². The first-order valence-corrected chi connectivity index (χ1v) is 3.85. The van der Waals surface area contributed by atoms with Crippen LogP contribution in [-0.4, -0.2) is 29.5 Å². The van der Waals surface area contributed by atoms with Crippen molar-refractivity contribution in [2.24, 2.45) is 10.3 Å². The van der Waals surface area contributed by atoms with Crippen LogP contribution in [0.15, 0.2) is 34.6 Å². The van der Waals surface area contributed by atoms with Gasteiger partial charge in [0.2, 0.25) is 0 Å². The first-order chi connectivity index (χ1) is 6.81. The Balaban J connectivity index is 2.96. The van der Waals surface area contributed by atoms with E-state index in [1.54, 1.807) is 31.4 Å². The fraction of sp³-hybridized carbons (Fsp3) is 0.111. The Morgan fingerprint density at radius 1 is 1.29 bits per heavy atom. The Morgan fingerprint density at radius 2 is 1.93 bits per heavy atom. The van der Waals surface area contributed by atoms with Gasteiger partial charge < -0.3 is 15.2 Å². The predicted molar refractivity (Wildman–Crippen MR) is 51.6 cm³/mol. The standard InChI is InChI=1S/C9H10N2O3/c1-14-8-4-2-7(3-5-8)9(11-13)6-10-12/h2-6,12-13H,1H3/b10-6+,11-9+. The van der Waals surface area contributed by atoms with E-state index < -0.39 is 0 Å². The number of rotatable bonds is 3. The normalized spacial score (nSPS) is 11.9. The maximum absolute atomic E-state index is 8.59. The molecule has 14 heavy (non-hydrogen) atoms. The van der Waals surface area contributed by atoms with Gasteiger partial charge in [-0.05, 0) is 24.3 Å². The molecule has 0 bridgehead atoms. The summed E-state index contributed by atoms with van der Waals surface area (Å²) in [7, 11) is 1.56. The molecule has 0 saturated heterocycles. The number of nitrogens with zero attached hydrogens (tertiary/aromatic N) is 2. The number of benzene rings is 1. The lowest BCUT2D eigenvalue weighted by Crippen LogP contribution is -2.02. The van der Waals surface area contributed by atoms with Gasteiger partial charge in [-0.15, -0.1) is 0 Å². The fourth-order valence-corrected chi connectivity index (χ4v) is 0.975. The van der Waals surface area contributed by atoms with Gasteiger partial charge in [-0.3, -0.25) is 0 Å². The molecule has 0 heterocycles. The second-order valence-corrected chi connectivity index (χ2v) is 2.46. The van der Waals surface area contributed by atoms with E-state index in [0.717, 1.165) is 6.21 Å². The zero-order valence-electron chi connectivity index (χ0n) is 7.58. The van der Waals surface area contributed by atoms with Crippen molar-refractivity contribution in [3.05, 3.63) is 29.8 Å². The van der Waals surface area contributed by atoms with Crippen molar-refractivity contribution in [2.75, 3.05) is 7.11 Å². The molecule has 1 aromatic rings. The van der Waals surface area contributed by atoms with Crippen molar-refractivity contribution in [1.29, 1.82) is 0 Å². The number of hydrogen-bond acceptors (Lipinski definition) is 5. The second kappa shape index (κ2) is 4.86. The van der Waals surface area contributed by atoms with Crippen LogP contribution in [0, 0.1) is 0 Å². The first-order valence-electron chi connectivity index (χ1n) is 3.85. The number of oxime groups is 2. The molecule has 1 rings (SSSR count). The molecule has 0 aromatic heterocycles. The molecular formula is C9H10N2O3. The summed E-state index contributed by atoms with van der Waals surface area (Å²) in [5.41, 5.74) is 0.807. The molecule has 0 fully saturated rings. The second-order valence-electron chi connectivity index (χ2n) is 2.46. The summed E-state index contributed by atoms with van der Waals surface area (Å²) in [6.45, 7) is 0. The molecule has 0 amide bonds. The Morgan fingerprint density at radius 3 is 2.36 bits per heavy atom. The zero-order valence-corrected chi connectivity index (χ0v) is 7.58. The zero-order chi connectivity index (χ0) is 10.4. The van der Waals surface area contributed by atoms with Gasteiger partial charge in [0.05, 0.1) is 13.3 Å². The summed E-state index contributed by atoms with van der Waals surface area (Å²) in [6.07, 6.45) is 1.04. The van der Waals surface area contributed by atoms with Crippen LogP contribution < -0.4 is 4.74 Å². The van der Waals surface area contributed by atoms with Crippen molar-refractivity contribution in [2.45, 2.75) is 0 Å². The minimum Gasteiger partial charge on any atom is -0.497 e. The predicted octanol–water partition coefficient (Wildman–Crippen LogP) is 1.33. The minimum atomic E-state index is 0.176. The molecule has 0 unspecified atom stereocenters. The summed E-state index contributed by atoms with van der Waals surface area (Å²) in [5.74, 6) is 0.701. The van der Waals surface area contributed by atoms with Crippen LogP contribution in [0.1, 0.15) is 5.56 Å². The number of methoxy groups -OCH3 is 1. The van der Waals surface area contributed by atoms with Crippen LogP contribution in [0.2, 0.25) is 0 Å². The maximum Gasteiger partial charge on any atom is 0.131 e. The lowest BCUT2D eigenvalue weighted by Gasteiger charge is -2.01. The third-order valence-electron chi connectivity index (χ3n) is 1.67. The summed E-state index contributed by atoms with van der Waals surface area (Å²) >= 11 is 0. The smallest absolute Gasteiger partial charge is 0.131 e. The van der Waals surface area contributed by atoms with Crippen molar-refractivity contribution < 1.29 is 15.2 Å². The van der Waals surface area contributed by atoms with Crippen molar-refractivity contribution in [1.82, 2.24) is 0 Å². The van der Waals surface area contributed by atoms with E-state index in [1.807, 2.05) is 0 Å². The average Bonchev–Trinajstić information content (AvgIpc) is 2.26. The van der Waals surface area contributed by atoms with Gasteiger partial charge in [-0.2, -0.15) is 0 Å². The molecule has 0 aliphatic heterocycles. The first kappa shape index (κ1) is 10.0. The number of hydrogen-bond donors (Lipinski definition) is 2. The molecule has 74 valence electrons. The lowest BCUT2D eigenvalue weighted by atomic mass is 10.1. The highest BCUT2D eigenvalue weighted by Crippen LogP contribution is 2.11. The van der Waals surface area contributed by atoms with Crippen LogP contribution in [0.25, 0.3) is 0 Å². The van der Waals surface area contributed by atoms with Crippen LogP contribution in [0.4, 0.5) is 0 Å². The van der Waals surface area contributed by atoms with Crippen molar-refractivity contribution >= 4 is 11.9 Å². The Bertz CT molecular complexity index is 344. The highest BCUT2D eigenvalue weighted by Gasteiger charge is 2.01. The van der Waals surface area contributed by atoms with E-state index in [9.17, 15) is 0 Å². The van der Waals surface area contributed by atoms with Crippen LogP contribution in [-0.2, 0) is 0 Å². The quantitative estimate of drug-likeness (QED) is 0.433. The molecule has 0 atom stereocenters. The van der Waals surface area contributed by atoms with Gasteiger partial charge in [-0.1, -0.05) is 10.3 Å². The molecule has 0 aliphatic carbocycles. The monoisotopic (exact) mass is 194 g/mol. The SMILES string of the molecule is COc1ccc(C(/C=N/O)=N/O)cc1. The average molecular weight is 194 g/mol. The molecule has 1 aromatic carbocycles. The Labute approximate surface area is 80.9 Å². The van der Waals surface area contributed by atoms with Gasteiger partial charge in [0.1, 0.15) is 11.5 Å². The third kappa shape index (κ3) is 2.22. The summed E-state index contributed by atoms with van der Waals surface area (Å²) in [6, 6.07) is 6.81. The molecule has 0 saturated carbocycles. The highest BCUT2D eigenvalue weighted by atomic mass is 16.5. The lowest BCUT2D eigenvalue weighted by molar-refractivity contribution is 0.316. The minimum absolute atomic E-state index is 0.176. The Kier molecular flexibility index (Phi) is 3.49. The van der Waals surface area contributed by atoms with Gasteiger partial charge in [0, 0.05) is 5.56 Å². The summed E-state index contributed by atoms with van der Waals surface area (Å²) in [5, 5.41) is 22.6. The van der Waals surface area contributed by atoms with E-state index in [0.29, 0.717) is 11.3 Å². The summed E-state index contributed by atoms with van der Waals surface area (Å²) in [4.78, 5) is 0. The van der Waals surface area contributed by atoms with Crippen LogP contribution in [0.5, 0.6) is 5.75 Å². The number of ether oxygens (including phenoxy) is 1. The van der Waals surface area contributed by atoms with Gasteiger partial charge >= 0.3 is 0 Å². The molecule has 5 nitrogen and oxygen atoms in total. The van der Waals surface area contributed by atoms with Crippen molar-refractivity contribution in [3.63, 3.8) is 0 Å². The van der Waals surface area contributed by atoms with Gasteiger partial charge in [0.25, 0.3) is 0 Å². The maximum atomic E-state index is 8.59. The topological polar surface area (TPSA) is 74.4 Å². The van der Waals surface area contributed by atoms with E-state index in [-0.39, 0.29) is 5.71 Å². The largest absolute Gasteiger partial charge is 0.497 e. The molecule has 0 radical (unpaired) electrons. The highest BCUT2D eigenvalue weighted by molar-refractivity contribution is 6.37. The molecule has 5 heteroatoms. The van der Waals surface area contributed by atoms with E-state index in [2.05, 4.69) is 10.3 Å². The molecule has 0 spiro atoms.